The molecule has 0 atom stereocenters. The van der Waals surface area contributed by atoms with Crippen LogP contribution in [0, 0.1) is 11.3 Å². The predicted octanol–water partition coefficient (Wildman–Crippen LogP) is 4.12. The number of nitrogens with zero attached hydrogens (tertiary/aromatic N) is 1. The maximum atomic E-state index is 12.2. The zero-order chi connectivity index (χ0) is 17.7. The van der Waals surface area contributed by atoms with Gasteiger partial charge in [-0.25, -0.2) is 0 Å². The molecule has 0 fully saturated rings. The van der Waals surface area contributed by atoms with E-state index in [1.807, 2.05) is 36.4 Å². The number of ether oxygens (including phenoxy) is 1. The minimum Gasteiger partial charge on any atom is -0.457 e. The van der Waals surface area contributed by atoms with Crippen molar-refractivity contribution in [2.45, 2.75) is 4.90 Å². The van der Waals surface area contributed by atoms with E-state index < -0.39 is 10.1 Å². The van der Waals surface area contributed by atoms with Crippen molar-refractivity contribution in [3.05, 3.63) is 84.4 Å². The van der Waals surface area contributed by atoms with Crippen molar-refractivity contribution in [1.29, 1.82) is 5.26 Å². The fraction of sp³-hybridized carbons (Fsp3) is 0. The van der Waals surface area contributed by atoms with E-state index in [4.69, 9.17) is 14.2 Å². The van der Waals surface area contributed by atoms with Crippen molar-refractivity contribution in [3.63, 3.8) is 0 Å². The number of nitriles is 1. The molecule has 0 heterocycles. The maximum absolute atomic E-state index is 12.2. The van der Waals surface area contributed by atoms with Gasteiger partial charge in [0.1, 0.15) is 22.1 Å². The van der Waals surface area contributed by atoms with E-state index in [0.29, 0.717) is 17.1 Å². The summed E-state index contributed by atoms with van der Waals surface area (Å²) in [5.74, 6) is 1.42. The summed E-state index contributed by atoms with van der Waals surface area (Å²) in [5.41, 5.74) is 0.376. The fourth-order valence-corrected chi connectivity index (χ4v) is 2.99. The highest BCUT2D eigenvalue weighted by Gasteiger charge is 2.16. The Morgan fingerprint density at radius 3 is 1.88 bits per heavy atom. The molecule has 5 nitrogen and oxygen atoms in total. The average Bonchev–Trinajstić information content (AvgIpc) is 2.64. The van der Waals surface area contributed by atoms with E-state index in [9.17, 15) is 8.42 Å². The van der Waals surface area contributed by atoms with Crippen molar-refractivity contribution in [3.8, 4) is 23.3 Å². The Morgan fingerprint density at radius 2 is 1.28 bits per heavy atom. The Bertz CT molecular complexity index is 990. The molecule has 0 unspecified atom stereocenters. The number of hydrogen-bond acceptors (Lipinski definition) is 5. The van der Waals surface area contributed by atoms with Gasteiger partial charge in [0.05, 0.1) is 11.6 Å². The van der Waals surface area contributed by atoms with Crippen molar-refractivity contribution in [1.82, 2.24) is 0 Å². The van der Waals surface area contributed by atoms with Crippen LogP contribution < -0.4 is 8.92 Å². The monoisotopic (exact) mass is 351 g/mol. The summed E-state index contributed by atoms with van der Waals surface area (Å²) in [7, 11) is -3.96. The van der Waals surface area contributed by atoms with Crippen molar-refractivity contribution < 1.29 is 17.3 Å². The normalized spacial score (nSPS) is 10.7. The van der Waals surface area contributed by atoms with E-state index >= 15 is 0 Å². The van der Waals surface area contributed by atoms with Gasteiger partial charge in [-0.3, -0.25) is 0 Å². The van der Waals surface area contributed by atoms with E-state index in [1.165, 1.54) is 36.4 Å². The number of hydrogen-bond donors (Lipinski definition) is 0. The lowest BCUT2D eigenvalue weighted by molar-refractivity contribution is 0.474. The molecule has 0 bridgehead atoms. The van der Waals surface area contributed by atoms with Crippen LogP contribution in [0.5, 0.6) is 17.2 Å². The second-order valence-corrected chi connectivity index (χ2v) is 6.61. The van der Waals surface area contributed by atoms with Gasteiger partial charge in [-0.1, -0.05) is 18.2 Å². The van der Waals surface area contributed by atoms with Gasteiger partial charge < -0.3 is 8.92 Å². The van der Waals surface area contributed by atoms with Crippen LogP contribution in [-0.2, 0) is 10.1 Å². The Kier molecular flexibility index (Phi) is 4.68. The van der Waals surface area contributed by atoms with E-state index in [2.05, 4.69) is 0 Å². The summed E-state index contributed by atoms with van der Waals surface area (Å²) in [6.07, 6.45) is 0. The molecule has 0 saturated heterocycles. The third-order valence-electron chi connectivity index (χ3n) is 3.28. The molecule has 3 aromatic carbocycles. The van der Waals surface area contributed by atoms with Gasteiger partial charge in [0.25, 0.3) is 0 Å². The molecule has 124 valence electrons. The second kappa shape index (κ2) is 7.07. The first-order chi connectivity index (χ1) is 12.1. The lowest BCUT2D eigenvalue weighted by Crippen LogP contribution is -2.09. The highest BCUT2D eigenvalue weighted by molar-refractivity contribution is 7.87. The summed E-state index contributed by atoms with van der Waals surface area (Å²) in [6, 6.07) is 23.0. The molecule has 0 spiro atoms. The van der Waals surface area contributed by atoms with Gasteiger partial charge in [-0.15, -0.1) is 0 Å². The topological polar surface area (TPSA) is 76.4 Å². The maximum Gasteiger partial charge on any atom is 0.339 e. The first kappa shape index (κ1) is 16.6. The number of para-hydroxylation sites is 1. The van der Waals surface area contributed by atoms with Gasteiger partial charge in [-0.2, -0.15) is 13.7 Å². The molecule has 0 N–H and O–H groups in total. The Hall–Kier alpha value is -3.30. The SMILES string of the molecule is N#Cc1ccc(S(=O)(=O)Oc2ccc(Oc3ccccc3)cc2)cc1. The van der Waals surface area contributed by atoms with Crippen LogP contribution in [0.3, 0.4) is 0 Å². The molecule has 25 heavy (non-hydrogen) atoms. The molecule has 0 aliphatic rings. The lowest BCUT2D eigenvalue weighted by Gasteiger charge is -2.09. The summed E-state index contributed by atoms with van der Waals surface area (Å²) in [4.78, 5) is -0.0175. The number of benzene rings is 3. The van der Waals surface area contributed by atoms with Crippen LogP contribution in [0.2, 0.25) is 0 Å². The number of rotatable bonds is 5. The molecule has 0 radical (unpaired) electrons. The van der Waals surface area contributed by atoms with Gasteiger partial charge in [-0.05, 0) is 60.7 Å². The summed E-state index contributed by atoms with van der Waals surface area (Å²) < 4.78 is 35.2. The lowest BCUT2D eigenvalue weighted by atomic mass is 10.2. The standard InChI is InChI=1S/C19H13NO4S/c20-14-15-6-12-19(13-7-15)25(21,22)24-18-10-8-17(9-11-18)23-16-4-2-1-3-5-16/h1-13H. The fourth-order valence-electron chi connectivity index (χ4n) is 2.06. The Morgan fingerprint density at radius 1 is 0.720 bits per heavy atom. The highest BCUT2D eigenvalue weighted by Crippen LogP contribution is 2.25. The third-order valence-corrected chi connectivity index (χ3v) is 4.54. The minimum atomic E-state index is -3.96. The van der Waals surface area contributed by atoms with Crippen LogP contribution >= 0.6 is 0 Å². The van der Waals surface area contributed by atoms with E-state index in [0.717, 1.165) is 0 Å². The van der Waals surface area contributed by atoms with E-state index in [1.54, 1.807) is 12.1 Å². The predicted molar refractivity (Wildman–Crippen MR) is 91.9 cm³/mol. The molecule has 3 rings (SSSR count). The largest absolute Gasteiger partial charge is 0.457 e. The zero-order valence-corrected chi connectivity index (χ0v) is 13.8. The zero-order valence-electron chi connectivity index (χ0n) is 13.0. The van der Waals surface area contributed by atoms with Gasteiger partial charge in [0.15, 0.2) is 0 Å². The van der Waals surface area contributed by atoms with Crippen molar-refractivity contribution >= 4 is 10.1 Å². The Balaban J connectivity index is 1.73. The molecule has 0 saturated carbocycles. The van der Waals surface area contributed by atoms with Crippen LogP contribution in [0.1, 0.15) is 5.56 Å². The van der Waals surface area contributed by atoms with Gasteiger partial charge in [0, 0.05) is 0 Å². The molecular formula is C19H13NO4S. The minimum absolute atomic E-state index is 0.0175. The van der Waals surface area contributed by atoms with E-state index in [-0.39, 0.29) is 10.6 Å². The molecular weight excluding hydrogens is 338 g/mol. The first-order valence-corrected chi connectivity index (χ1v) is 8.75. The first-order valence-electron chi connectivity index (χ1n) is 7.34. The second-order valence-electron chi connectivity index (χ2n) is 5.06. The average molecular weight is 351 g/mol. The van der Waals surface area contributed by atoms with Gasteiger partial charge in [0.2, 0.25) is 0 Å². The highest BCUT2D eigenvalue weighted by atomic mass is 32.2. The van der Waals surface area contributed by atoms with Crippen LogP contribution in [-0.4, -0.2) is 8.42 Å². The Labute approximate surface area is 145 Å². The van der Waals surface area contributed by atoms with Crippen molar-refractivity contribution in [2.75, 3.05) is 0 Å². The summed E-state index contributed by atoms with van der Waals surface area (Å²) in [6.45, 7) is 0. The quantitative estimate of drug-likeness (QED) is 0.646. The van der Waals surface area contributed by atoms with Crippen LogP contribution in [0.15, 0.2) is 83.8 Å². The summed E-state index contributed by atoms with van der Waals surface area (Å²) >= 11 is 0. The summed E-state index contributed by atoms with van der Waals surface area (Å²) in [5, 5.41) is 8.76. The van der Waals surface area contributed by atoms with Crippen molar-refractivity contribution in [2.24, 2.45) is 0 Å². The molecule has 0 aromatic heterocycles. The molecule has 0 aliphatic heterocycles. The van der Waals surface area contributed by atoms with Crippen LogP contribution in [0.4, 0.5) is 0 Å². The smallest absolute Gasteiger partial charge is 0.339 e. The molecule has 3 aromatic rings. The van der Waals surface area contributed by atoms with Gasteiger partial charge >= 0.3 is 10.1 Å². The third kappa shape index (κ3) is 4.16. The molecule has 6 heteroatoms. The molecule has 0 aliphatic carbocycles. The van der Waals surface area contributed by atoms with Crippen LogP contribution in [0.25, 0.3) is 0 Å². The molecule has 0 amide bonds.